The van der Waals surface area contributed by atoms with Gasteiger partial charge in [0.2, 0.25) is 0 Å². The molecule has 0 unspecified atom stereocenters. The van der Waals surface area contributed by atoms with Gasteiger partial charge in [-0.3, -0.25) is 4.79 Å². The smallest absolute Gasteiger partial charge is 0.306 e. The number of ketones is 1. The number of nitrogens with zero attached hydrogens (tertiary/aromatic N) is 2. The summed E-state index contributed by atoms with van der Waals surface area (Å²) in [5, 5.41) is 0. The van der Waals surface area contributed by atoms with Crippen LogP contribution in [0.1, 0.15) is 10.4 Å². The Morgan fingerprint density at radius 2 is 2.07 bits per heavy atom. The van der Waals surface area contributed by atoms with E-state index in [2.05, 4.69) is 4.98 Å². The van der Waals surface area contributed by atoms with E-state index >= 15 is 0 Å². The number of Topliss-reactive ketones (excluding diaryl/α,β-unsaturated/α-hetero) is 1. The number of carbonyl (C=O) groups excluding carboxylic acids is 1. The molecule has 0 saturated carbocycles. The van der Waals surface area contributed by atoms with Crippen molar-refractivity contribution >= 4 is 11.4 Å². The second kappa shape index (κ2) is 3.08. The summed E-state index contributed by atoms with van der Waals surface area (Å²) in [4.78, 5) is 14.7. The Balaban J connectivity index is 2.49. The molecule has 0 saturated heterocycles. The van der Waals surface area contributed by atoms with Crippen molar-refractivity contribution in [1.29, 1.82) is 0 Å². The first-order valence-electron chi connectivity index (χ1n) is 4.03. The van der Waals surface area contributed by atoms with E-state index in [1.54, 1.807) is 0 Å². The first-order chi connectivity index (χ1) is 6.98. The lowest BCUT2D eigenvalue weighted by molar-refractivity contribution is -0.0885. The highest BCUT2D eigenvalue weighted by atomic mass is 19.4. The summed E-state index contributed by atoms with van der Waals surface area (Å²) in [6, 6.07) is 2.47. The number of pyridine rings is 1. The van der Waals surface area contributed by atoms with Crippen LogP contribution in [0.25, 0.3) is 5.65 Å². The number of alkyl halides is 3. The van der Waals surface area contributed by atoms with Gasteiger partial charge in [-0.25, -0.2) is 4.98 Å². The lowest BCUT2D eigenvalue weighted by Crippen LogP contribution is -2.22. The van der Waals surface area contributed by atoms with E-state index in [0.29, 0.717) is 5.65 Å². The molecule has 0 atom stereocenters. The van der Waals surface area contributed by atoms with Gasteiger partial charge in [0.15, 0.2) is 0 Å². The molecule has 0 aliphatic carbocycles. The predicted molar refractivity (Wildman–Crippen MR) is 45.6 cm³/mol. The van der Waals surface area contributed by atoms with Gasteiger partial charge in [-0.15, -0.1) is 0 Å². The van der Waals surface area contributed by atoms with Gasteiger partial charge in [0.25, 0.3) is 5.78 Å². The maximum atomic E-state index is 12.1. The summed E-state index contributed by atoms with van der Waals surface area (Å²) in [5.74, 6) is -1.85. The third-order valence-corrected chi connectivity index (χ3v) is 1.91. The standard InChI is InChI=1S/C9H5F3N2O/c10-9(11,12)8(15)6-1-2-7-13-3-4-14(7)5-6/h1-5H. The zero-order chi connectivity index (χ0) is 11.1. The van der Waals surface area contributed by atoms with E-state index in [-0.39, 0.29) is 0 Å². The topological polar surface area (TPSA) is 34.4 Å². The fourth-order valence-corrected chi connectivity index (χ4v) is 1.22. The fourth-order valence-electron chi connectivity index (χ4n) is 1.22. The predicted octanol–water partition coefficient (Wildman–Crippen LogP) is 2.08. The van der Waals surface area contributed by atoms with E-state index in [0.717, 1.165) is 12.3 Å². The number of aromatic nitrogens is 2. The molecule has 78 valence electrons. The van der Waals surface area contributed by atoms with Gasteiger partial charge in [0, 0.05) is 24.2 Å². The van der Waals surface area contributed by atoms with Gasteiger partial charge in [-0.2, -0.15) is 13.2 Å². The van der Waals surface area contributed by atoms with Gasteiger partial charge < -0.3 is 4.40 Å². The molecule has 0 aromatic carbocycles. The van der Waals surface area contributed by atoms with Crippen LogP contribution in [-0.2, 0) is 0 Å². The largest absolute Gasteiger partial charge is 0.454 e. The van der Waals surface area contributed by atoms with Crippen LogP contribution in [0, 0.1) is 0 Å². The van der Waals surface area contributed by atoms with Crippen molar-refractivity contribution in [2.45, 2.75) is 6.18 Å². The summed E-state index contributed by atoms with van der Waals surface area (Å²) < 4.78 is 37.6. The van der Waals surface area contributed by atoms with Crippen LogP contribution in [0.3, 0.4) is 0 Å². The first kappa shape index (κ1) is 9.70. The van der Waals surface area contributed by atoms with Crippen LogP contribution in [0.15, 0.2) is 30.7 Å². The maximum absolute atomic E-state index is 12.1. The van der Waals surface area contributed by atoms with E-state index in [1.165, 1.54) is 22.9 Å². The van der Waals surface area contributed by atoms with Crippen LogP contribution in [0.4, 0.5) is 13.2 Å². The molecule has 0 bridgehead atoms. The second-order valence-electron chi connectivity index (χ2n) is 2.94. The lowest BCUT2D eigenvalue weighted by Gasteiger charge is -2.04. The Morgan fingerprint density at radius 1 is 1.33 bits per heavy atom. The summed E-state index contributed by atoms with van der Waals surface area (Å²) in [6.45, 7) is 0. The van der Waals surface area contributed by atoms with Gasteiger partial charge in [-0.05, 0) is 12.1 Å². The molecule has 0 N–H and O–H groups in total. The minimum Gasteiger partial charge on any atom is -0.306 e. The molecule has 0 amide bonds. The first-order valence-corrected chi connectivity index (χ1v) is 4.03. The molecule has 6 heteroatoms. The number of hydrogen-bond acceptors (Lipinski definition) is 2. The van der Waals surface area contributed by atoms with Crippen molar-refractivity contribution in [3.05, 3.63) is 36.3 Å². The molecule has 0 radical (unpaired) electrons. The molecule has 3 nitrogen and oxygen atoms in total. The Morgan fingerprint density at radius 3 is 2.73 bits per heavy atom. The summed E-state index contributed by atoms with van der Waals surface area (Å²) in [6.07, 6.45) is -0.813. The highest BCUT2D eigenvalue weighted by molar-refractivity contribution is 6.00. The number of imidazole rings is 1. The normalized spacial score (nSPS) is 11.9. The van der Waals surface area contributed by atoms with Gasteiger partial charge in [-0.1, -0.05) is 0 Å². The van der Waals surface area contributed by atoms with Gasteiger partial charge in [0.05, 0.1) is 0 Å². The average molecular weight is 214 g/mol. The van der Waals surface area contributed by atoms with Crippen molar-refractivity contribution in [1.82, 2.24) is 9.38 Å². The minimum absolute atomic E-state index is 0.395. The molecule has 2 aromatic heterocycles. The van der Waals surface area contributed by atoms with Gasteiger partial charge >= 0.3 is 6.18 Å². The fraction of sp³-hybridized carbons (Fsp3) is 0.111. The van der Waals surface area contributed by atoms with Crippen molar-refractivity contribution in [3.8, 4) is 0 Å². The molecule has 0 spiro atoms. The Labute approximate surface area is 82.2 Å². The highest BCUT2D eigenvalue weighted by Gasteiger charge is 2.39. The Kier molecular flexibility index (Phi) is 1.99. The molecule has 2 heterocycles. The van der Waals surface area contributed by atoms with Crippen molar-refractivity contribution < 1.29 is 18.0 Å². The lowest BCUT2D eigenvalue weighted by atomic mass is 10.2. The van der Waals surface area contributed by atoms with Crippen LogP contribution in [0.5, 0.6) is 0 Å². The van der Waals surface area contributed by atoms with Crippen molar-refractivity contribution in [2.75, 3.05) is 0 Å². The second-order valence-corrected chi connectivity index (χ2v) is 2.94. The Hall–Kier alpha value is -1.85. The number of rotatable bonds is 1. The SMILES string of the molecule is O=C(c1ccc2nccn2c1)C(F)(F)F. The number of fused-ring (bicyclic) bond motifs is 1. The van der Waals surface area contributed by atoms with Gasteiger partial charge in [0.1, 0.15) is 5.65 Å². The molecule has 2 aromatic rings. The average Bonchev–Trinajstić information content (AvgIpc) is 2.61. The summed E-state index contributed by atoms with van der Waals surface area (Å²) in [7, 11) is 0. The number of carbonyl (C=O) groups is 1. The molecular formula is C9H5F3N2O. The van der Waals surface area contributed by atoms with Crippen LogP contribution >= 0.6 is 0 Å². The highest BCUT2D eigenvalue weighted by Crippen LogP contribution is 2.21. The van der Waals surface area contributed by atoms with Crippen LogP contribution in [0.2, 0.25) is 0 Å². The molecule has 2 rings (SSSR count). The zero-order valence-electron chi connectivity index (χ0n) is 7.32. The maximum Gasteiger partial charge on any atom is 0.454 e. The Bertz CT molecular complexity index is 515. The zero-order valence-corrected chi connectivity index (χ0v) is 7.32. The number of hydrogen-bond donors (Lipinski definition) is 0. The molecule has 0 aliphatic rings. The van der Waals surface area contributed by atoms with Crippen LogP contribution < -0.4 is 0 Å². The molecule has 0 fully saturated rings. The van der Waals surface area contributed by atoms with E-state index < -0.39 is 17.5 Å². The van der Waals surface area contributed by atoms with Crippen molar-refractivity contribution in [3.63, 3.8) is 0 Å². The monoisotopic (exact) mass is 214 g/mol. The molecular weight excluding hydrogens is 209 g/mol. The van der Waals surface area contributed by atoms with Crippen LogP contribution in [-0.4, -0.2) is 21.3 Å². The summed E-state index contributed by atoms with van der Waals surface area (Å²) >= 11 is 0. The summed E-state index contributed by atoms with van der Waals surface area (Å²) in [5.41, 5.74) is 0.0988. The van der Waals surface area contributed by atoms with Crippen molar-refractivity contribution in [2.24, 2.45) is 0 Å². The number of halogens is 3. The molecule has 15 heavy (non-hydrogen) atoms. The third-order valence-electron chi connectivity index (χ3n) is 1.91. The molecule has 0 aliphatic heterocycles. The quantitative estimate of drug-likeness (QED) is 0.681. The van der Waals surface area contributed by atoms with E-state index in [4.69, 9.17) is 0 Å². The minimum atomic E-state index is -4.84. The van der Waals surface area contributed by atoms with E-state index in [9.17, 15) is 18.0 Å². The third kappa shape index (κ3) is 1.70. The van der Waals surface area contributed by atoms with E-state index in [1.807, 2.05) is 0 Å².